The van der Waals surface area contributed by atoms with E-state index in [1.165, 1.54) is 6.07 Å². The van der Waals surface area contributed by atoms with Gasteiger partial charge < -0.3 is 10.6 Å². The summed E-state index contributed by atoms with van der Waals surface area (Å²) >= 11 is 0. The lowest BCUT2D eigenvalue weighted by molar-refractivity contribution is -0.137. The van der Waals surface area contributed by atoms with Gasteiger partial charge in [-0.05, 0) is 37.0 Å². The molecule has 1 aromatic carbocycles. The van der Waals surface area contributed by atoms with E-state index in [4.69, 9.17) is 0 Å². The predicted molar refractivity (Wildman–Crippen MR) is 75.3 cm³/mol. The lowest BCUT2D eigenvalue weighted by Crippen LogP contribution is -2.28. The monoisotopic (exact) mass is 300 g/mol. The number of nitrogens with one attached hydrogen (secondary N) is 2. The number of amides is 1. The first-order chi connectivity index (χ1) is 9.86. The molecule has 0 aromatic heterocycles. The minimum absolute atomic E-state index is 0.0365. The van der Waals surface area contributed by atoms with Crippen LogP contribution in [0.2, 0.25) is 0 Å². The third kappa shape index (κ3) is 3.68. The number of carbonyl (C=O) groups is 1. The van der Waals surface area contributed by atoms with Crippen LogP contribution in [-0.2, 0) is 6.18 Å². The smallest absolute Gasteiger partial charge is 0.387 e. The van der Waals surface area contributed by atoms with Crippen LogP contribution in [-0.4, -0.2) is 19.0 Å². The molecule has 1 aliphatic rings. The summed E-state index contributed by atoms with van der Waals surface area (Å²) in [5.41, 5.74) is -0.379. The molecule has 0 radical (unpaired) electrons. The van der Waals surface area contributed by atoms with Crippen molar-refractivity contribution in [2.24, 2.45) is 5.92 Å². The molecule has 3 nitrogen and oxygen atoms in total. The molecule has 0 saturated heterocycles. The zero-order chi connectivity index (χ0) is 15.6. The van der Waals surface area contributed by atoms with E-state index in [-0.39, 0.29) is 11.6 Å². The Morgan fingerprint density at radius 1 is 1.38 bits per heavy atom. The molecule has 1 aliphatic carbocycles. The first kappa shape index (κ1) is 15.7. The molecule has 1 amide bonds. The molecule has 0 heterocycles. The van der Waals surface area contributed by atoms with E-state index in [1.807, 2.05) is 0 Å². The van der Waals surface area contributed by atoms with Gasteiger partial charge >= 0.3 is 6.18 Å². The number of hydrogen-bond acceptors (Lipinski definition) is 2. The quantitative estimate of drug-likeness (QED) is 0.871. The Balaban J connectivity index is 2.15. The Bertz CT molecular complexity index is 528. The van der Waals surface area contributed by atoms with Crippen LogP contribution in [0.4, 0.5) is 18.9 Å². The molecular formula is C15H19F3N2O. The van der Waals surface area contributed by atoms with Gasteiger partial charge in [0, 0.05) is 18.8 Å². The molecule has 6 heteroatoms. The summed E-state index contributed by atoms with van der Waals surface area (Å²) in [7, 11) is 1.58. The average molecular weight is 300 g/mol. The summed E-state index contributed by atoms with van der Waals surface area (Å²) in [5.74, 6) is 0.0110. The van der Waals surface area contributed by atoms with E-state index in [2.05, 4.69) is 17.6 Å². The molecule has 2 atom stereocenters. The van der Waals surface area contributed by atoms with Crippen molar-refractivity contribution < 1.29 is 18.0 Å². The van der Waals surface area contributed by atoms with Crippen molar-refractivity contribution in [3.8, 4) is 0 Å². The standard InChI is InChI=1S/C15H19F3N2O/c1-3-4-9-7-13(9)20-14(21)11-8-10(15(16,17)18)5-6-12(11)19-2/h5-6,8-9,13,19H,3-4,7H2,1-2H3,(H,20,21). The van der Waals surface area contributed by atoms with Gasteiger partial charge in [-0.15, -0.1) is 0 Å². The number of hydrogen-bond donors (Lipinski definition) is 2. The zero-order valence-electron chi connectivity index (χ0n) is 12.1. The van der Waals surface area contributed by atoms with Gasteiger partial charge in [0.25, 0.3) is 5.91 Å². The molecule has 2 rings (SSSR count). The van der Waals surface area contributed by atoms with Crippen molar-refractivity contribution in [2.75, 3.05) is 12.4 Å². The van der Waals surface area contributed by atoms with Gasteiger partial charge in [-0.1, -0.05) is 13.3 Å². The summed E-state index contributed by atoms with van der Waals surface area (Å²) in [4.78, 5) is 12.2. The van der Waals surface area contributed by atoms with E-state index in [9.17, 15) is 18.0 Å². The van der Waals surface area contributed by atoms with Crippen LogP contribution in [0.1, 0.15) is 42.1 Å². The Hall–Kier alpha value is -1.72. The summed E-state index contributed by atoms with van der Waals surface area (Å²) in [6.45, 7) is 2.07. The van der Waals surface area contributed by atoms with Crippen LogP contribution in [0, 0.1) is 5.92 Å². The van der Waals surface area contributed by atoms with Crippen molar-refractivity contribution in [1.29, 1.82) is 0 Å². The molecule has 1 fully saturated rings. The minimum atomic E-state index is -4.45. The maximum atomic E-state index is 12.8. The van der Waals surface area contributed by atoms with E-state index < -0.39 is 17.6 Å². The fraction of sp³-hybridized carbons (Fsp3) is 0.533. The van der Waals surface area contributed by atoms with Crippen LogP contribution in [0.15, 0.2) is 18.2 Å². The summed E-state index contributed by atoms with van der Waals surface area (Å²) in [6, 6.07) is 3.25. The first-order valence-electron chi connectivity index (χ1n) is 7.06. The zero-order valence-corrected chi connectivity index (χ0v) is 12.1. The first-order valence-corrected chi connectivity index (χ1v) is 7.06. The van der Waals surface area contributed by atoms with Crippen LogP contribution in [0.5, 0.6) is 0 Å². The van der Waals surface area contributed by atoms with E-state index in [0.717, 1.165) is 31.4 Å². The van der Waals surface area contributed by atoms with Crippen molar-refractivity contribution in [3.63, 3.8) is 0 Å². The normalized spacial score (nSPS) is 21.0. The molecule has 116 valence electrons. The second-order valence-electron chi connectivity index (χ2n) is 5.37. The van der Waals surface area contributed by atoms with Crippen molar-refractivity contribution in [3.05, 3.63) is 29.3 Å². The largest absolute Gasteiger partial charge is 0.416 e. The highest BCUT2D eigenvalue weighted by molar-refractivity contribution is 6.00. The number of rotatable bonds is 5. The maximum Gasteiger partial charge on any atom is 0.416 e. The molecule has 1 saturated carbocycles. The Morgan fingerprint density at radius 3 is 2.67 bits per heavy atom. The Kier molecular flexibility index (Phi) is 4.44. The minimum Gasteiger partial charge on any atom is -0.387 e. The highest BCUT2D eigenvalue weighted by Crippen LogP contribution is 2.36. The SMILES string of the molecule is CCCC1CC1NC(=O)c1cc(C(F)(F)F)ccc1NC. The van der Waals surface area contributed by atoms with E-state index in [0.29, 0.717) is 11.6 Å². The number of carbonyl (C=O) groups excluding carboxylic acids is 1. The lowest BCUT2D eigenvalue weighted by atomic mass is 10.1. The van der Waals surface area contributed by atoms with Crippen molar-refractivity contribution >= 4 is 11.6 Å². The summed E-state index contributed by atoms with van der Waals surface area (Å²) < 4.78 is 38.3. The van der Waals surface area contributed by atoms with Gasteiger partial charge in [0.15, 0.2) is 0 Å². The fourth-order valence-electron chi connectivity index (χ4n) is 2.49. The number of halogens is 3. The average Bonchev–Trinajstić information content (AvgIpc) is 3.15. The van der Waals surface area contributed by atoms with Gasteiger partial charge in [0.05, 0.1) is 11.1 Å². The molecular weight excluding hydrogens is 281 g/mol. The van der Waals surface area contributed by atoms with Crippen LogP contribution in [0.3, 0.4) is 0 Å². The second kappa shape index (κ2) is 5.95. The molecule has 2 unspecified atom stereocenters. The number of benzene rings is 1. The Morgan fingerprint density at radius 2 is 2.10 bits per heavy atom. The van der Waals surface area contributed by atoms with Crippen molar-refractivity contribution in [1.82, 2.24) is 5.32 Å². The van der Waals surface area contributed by atoms with Crippen molar-refractivity contribution in [2.45, 2.75) is 38.4 Å². The second-order valence-corrected chi connectivity index (χ2v) is 5.37. The van der Waals surface area contributed by atoms with Crippen LogP contribution in [0.25, 0.3) is 0 Å². The molecule has 21 heavy (non-hydrogen) atoms. The van der Waals surface area contributed by atoms with Gasteiger partial charge in [-0.3, -0.25) is 4.79 Å². The molecule has 1 aromatic rings. The molecule has 0 aliphatic heterocycles. The van der Waals surface area contributed by atoms with Crippen LogP contribution >= 0.6 is 0 Å². The highest BCUT2D eigenvalue weighted by atomic mass is 19.4. The van der Waals surface area contributed by atoms with Gasteiger partial charge in [0.1, 0.15) is 0 Å². The van der Waals surface area contributed by atoms with Gasteiger partial charge in [-0.2, -0.15) is 13.2 Å². The Labute approximate surface area is 121 Å². The summed E-state index contributed by atoms with van der Waals surface area (Å²) in [6.07, 6.45) is -1.46. The lowest BCUT2D eigenvalue weighted by Gasteiger charge is -2.13. The predicted octanol–water partition coefficient (Wildman–Crippen LogP) is 3.67. The topological polar surface area (TPSA) is 41.1 Å². The third-order valence-corrected chi connectivity index (χ3v) is 3.76. The summed E-state index contributed by atoms with van der Waals surface area (Å²) in [5, 5.41) is 5.57. The number of alkyl halides is 3. The molecule has 0 bridgehead atoms. The number of anilines is 1. The maximum absolute atomic E-state index is 12.8. The highest BCUT2D eigenvalue weighted by Gasteiger charge is 2.38. The van der Waals surface area contributed by atoms with Crippen LogP contribution < -0.4 is 10.6 Å². The molecule has 2 N–H and O–H groups in total. The fourth-order valence-corrected chi connectivity index (χ4v) is 2.49. The molecule has 0 spiro atoms. The van der Waals surface area contributed by atoms with Gasteiger partial charge in [0.2, 0.25) is 0 Å². The van der Waals surface area contributed by atoms with E-state index in [1.54, 1.807) is 7.05 Å². The van der Waals surface area contributed by atoms with Gasteiger partial charge in [-0.25, -0.2) is 0 Å². The third-order valence-electron chi connectivity index (χ3n) is 3.76. The van der Waals surface area contributed by atoms with E-state index >= 15 is 0 Å².